The molecule has 144 valence electrons. The third-order valence-corrected chi connectivity index (χ3v) is 5.55. The zero-order valence-corrected chi connectivity index (χ0v) is 18.0. The van der Waals surface area contributed by atoms with Gasteiger partial charge in [-0.25, -0.2) is 0 Å². The minimum absolute atomic E-state index is 0.0370. The summed E-state index contributed by atoms with van der Waals surface area (Å²) in [7, 11) is 0. The van der Waals surface area contributed by atoms with E-state index in [-0.39, 0.29) is 28.8 Å². The number of aliphatic hydroxyl groups excluding tert-OH is 1. The molecule has 1 amide bonds. The van der Waals surface area contributed by atoms with E-state index in [1.807, 2.05) is 13.8 Å². The van der Waals surface area contributed by atoms with Crippen LogP contribution in [-0.4, -0.2) is 24.2 Å². The standard InChI is InChI=1S/C21H43NO2/c1-16(2)20(7,8)14-19(5,6)15-22-17(24)21(9,10)13-18(3,4)11-12-23/h16,23H,11-15H2,1-10H3,(H,22,24). The normalized spacial score (nSPS) is 14.2. The number of amides is 1. The van der Waals surface area contributed by atoms with E-state index < -0.39 is 5.41 Å². The topological polar surface area (TPSA) is 49.3 Å². The van der Waals surface area contributed by atoms with Gasteiger partial charge in [-0.15, -0.1) is 0 Å². The predicted octanol–water partition coefficient (Wildman–Crippen LogP) is 5.03. The molecule has 0 aliphatic rings. The van der Waals surface area contributed by atoms with Crippen molar-refractivity contribution >= 4 is 5.91 Å². The van der Waals surface area contributed by atoms with Gasteiger partial charge in [-0.1, -0.05) is 69.2 Å². The van der Waals surface area contributed by atoms with Crippen LogP contribution in [0.25, 0.3) is 0 Å². The van der Waals surface area contributed by atoms with Gasteiger partial charge >= 0.3 is 0 Å². The number of aliphatic hydroxyl groups is 1. The van der Waals surface area contributed by atoms with Crippen molar-refractivity contribution in [1.29, 1.82) is 0 Å². The monoisotopic (exact) mass is 341 g/mol. The molecular formula is C21H43NO2. The Bertz CT molecular complexity index is 406. The highest BCUT2D eigenvalue weighted by Crippen LogP contribution is 2.39. The maximum atomic E-state index is 12.7. The second-order valence-corrected chi connectivity index (χ2v) is 10.9. The lowest BCUT2D eigenvalue weighted by molar-refractivity contribution is -0.131. The van der Waals surface area contributed by atoms with E-state index in [9.17, 15) is 9.90 Å². The fraction of sp³-hybridized carbons (Fsp3) is 0.952. The molecule has 0 saturated heterocycles. The summed E-state index contributed by atoms with van der Waals surface area (Å²) in [4.78, 5) is 12.7. The number of carbonyl (C=O) groups is 1. The summed E-state index contributed by atoms with van der Waals surface area (Å²) in [6.07, 6.45) is 2.57. The van der Waals surface area contributed by atoms with E-state index in [1.54, 1.807) is 0 Å². The highest BCUT2D eigenvalue weighted by Gasteiger charge is 2.36. The summed E-state index contributed by atoms with van der Waals surface area (Å²) in [5.74, 6) is 0.729. The van der Waals surface area contributed by atoms with E-state index in [0.29, 0.717) is 12.5 Å². The molecule has 3 heteroatoms. The first-order chi connectivity index (χ1) is 10.5. The van der Waals surface area contributed by atoms with Crippen LogP contribution in [0.2, 0.25) is 0 Å². The molecule has 0 aromatic carbocycles. The van der Waals surface area contributed by atoms with Crippen LogP contribution in [0.3, 0.4) is 0 Å². The Morgan fingerprint density at radius 1 is 0.917 bits per heavy atom. The molecule has 0 unspecified atom stereocenters. The lowest BCUT2D eigenvalue weighted by atomic mass is 9.69. The lowest BCUT2D eigenvalue weighted by Gasteiger charge is -2.39. The second-order valence-electron chi connectivity index (χ2n) is 10.9. The summed E-state index contributed by atoms with van der Waals surface area (Å²) in [5.41, 5.74) is -0.139. The molecule has 0 atom stereocenters. The Morgan fingerprint density at radius 2 is 1.42 bits per heavy atom. The number of hydrogen-bond donors (Lipinski definition) is 2. The second kappa shape index (κ2) is 8.21. The lowest BCUT2D eigenvalue weighted by Crippen LogP contribution is -2.44. The molecule has 0 saturated carbocycles. The Labute approximate surface area is 151 Å². The first-order valence-corrected chi connectivity index (χ1v) is 9.44. The Kier molecular flexibility index (Phi) is 8.01. The Hall–Kier alpha value is -0.570. The molecule has 2 N–H and O–H groups in total. The molecule has 0 heterocycles. The Balaban J connectivity index is 4.76. The van der Waals surface area contributed by atoms with Gasteiger partial charge in [0.2, 0.25) is 5.91 Å². The van der Waals surface area contributed by atoms with Gasteiger partial charge in [0.1, 0.15) is 0 Å². The molecular weight excluding hydrogens is 298 g/mol. The molecule has 0 aromatic rings. The van der Waals surface area contributed by atoms with Crippen molar-refractivity contribution in [1.82, 2.24) is 5.32 Å². The minimum Gasteiger partial charge on any atom is -0.396 e. The van der Waals surface area contributed by atoms with Crippen molar-refractivity contribution in [2.45, 2.75) is 88.5 Å². The van der Waals surface area contributed by atoms with Gasteiger partial charge in [0.15, 0.2) is 0 Å². The maximum absolute atomic E-state index is 12.7. The summed E-state index contributed by atoms with van der Waals surface area (Å²) in [5, 5.41) is 12.4. The van der Waals surface area contributed by atoms with E-state index in [0.717, 1.165) is 19.3 Å². The van der Waals surface area contributed by atoms with Gasteiger partial charge in [-0.2, -0.15) is 0 Å². The number of rotatable bonds is 10. The molecule has 0 fully saturated rings. The van der Waals surface area contributed by atoms with Crippen molar-refractivity contribution in [3.8, 4) is 0 Å². The summed E-state index contributed by atoms with van der Waals surface area (Å²) in [6, 6.07) is 0. The number of hydrogen-bond acceptors (Lipinski definition) is 2. The van der Waals surface area contributed by atoms with E-state index >= 15 is 0 Å². The summed E-state index contributed by atoms with van der Waals surface area (Å²) in [6.45, 7) is 22.7. The van der Waals surface area contributed by atoms with Crippen molar-refractivity contribution in [3.05, 3.63) is 0 Å². The van der Waals surface area contributed by atoms with Crippen molar-refractivity contribution in [3.63, 3.8) is 0 Å². The average molecular weight is 342 g/mol. The highest BCUT2D eigenvalue weighted by atomic mass is 16.3. The molecule has 3 nitrogen and oxygen atoms in total. The fourth-order valence-corrected chi connectivity index (χ4v) is 3.73. The molecule has 0 aromatic heterocycles. The van der Waals surface area contributed by atoms with Gasteiger partial charge in [0.05, 0.1) is 0 Å². The van der Waals surface area contributed by atoms with Gasteiger partial charge in [0, 0.05) is 18.6 Å². The SMILES string of the molecule is CC(C)C(C)(C)CC(C)(C)CNC(=O)C(C)(C)CC(C)(C)CCO. The maximum Gasteiger partial charge on any atom is 0.225 e. The van der Waals surface area contributed by atoms with Crippen molar-refractivity contribution in [2.24, 2.45) is 27.6 Å². The molecule has 0 aliphatic carbocycles. The first kappa shape index (κ1) is 23.4. The average Bonchev–Trinajstić information content (AvgIpc) is 2.32. The first-order valence-electron chi connectivity index (χ1n) is 9.44. The van der Waals surface area contributed by atoms with E-state index in [4.69, 9.17) is 0 Å². The largest absolute Gasteiger partial charge is 0.396 e. The number of carbonyl (C=O) groups excluding carboxylic acids is 1. The quantitative estimate of drug-likeness (QED) is 0.586. The Morgan fingerprint density at radius 3 is 1.83 bits per heavy atom. The van der Waals surface area contributed by atoms with Crippen LogP contribution < -0.4 is 5.32 Å². The number of nitrogens with one attached hydrogen (secondary N) is 1. The third-order valence-electron chi connectivity index (χ3n) is 5.55. The molecule has 0 radical (unpaired) electrons. The van der Waals surface area contributed by atoms with Crippen LogP contribution in [0.1, 0.15) is 88.5 Å². The molecule has 0 aliphatic heterocycles. The third kappa shape index (κ3) is 8.00. The molecule has 0 bridgehead atoms. The van der Waals surface area contributed by atoms with Gasteiger partial charge < -0.3 is 10.4 Å². The van der Waals surface area contributed by atoms with E-state index in [2.05, 4.69) is 60.7 Å². The predicted molar refractivity (Wildman–Crippen MR) is 104 cm³/mol. The minimum atomic E-state index is -0.428. The zero-order chi connectivity index (χ0) is 19.4. The van der Waals surface area contributed by atoms with Gasteiger partial charge in [0.25, 0.3) is 0 Å². The van der Waals surface area contributed by atoms with Crippen molar-refractivity contribution < 1.29 is 9.90 Å². The van der Waals surface area contributed by atoms with Crippen LogP contribution in [0.4, 0.5) is 0 Å². The fourth-order valence-electron chi connectivity index (χ4n) is 3.73. The molecule has 24 heavy (non-hydrogen) atoms. The smallest absolute Gasteiger partial charge is 0.225 e. The van der Waals surface area contributed by atoms with Crippen LogP contribution in [0, 0.1) is 27.6 Å². The highest BCUT2D eigenvalue weighted by molar-refractivity contribution is 5.81. The van der Waals surface area contributed by atoms with Crippen molar-refractivity contribution in [2.75, 3.05) is 13.2 Å². The zero-order valence-electron chi connectivity index (χ0n) is 18.0. The van der Waals surface area contributed by atoms with Gasteiger partial charge in [-0.05, 0) is 41.4 Å². The summed E-state index contributed by atoms with van der Waals surface area (Å²) < 4.78 is 0. The van der Waals surface area contributed by atoms with Crippen LogP contribution >= 0.6 is 0 Å². The van der Waals surface area contributed by atoms with Gasteiger partial charge in [-0.3, -0.25) is 4.79 Å². The van der Waals surface area contributed by atoms with Crippen LogP contribution in [0.15, 0.2) is 0 Å². The van der Waals surface area contributed by atoms with Crippen LogP contribution in [0.5, 0.6) is 0 Å². The van der Waals surface area contributed by atoms with Crippen LogP contribution in [-0.2, 0) is 4.79 Å². The molecule has 0 rings (SSSR count). The summed E-state index contributed by atoms with van der Waals surface area (Å²) >= 11 is 0. The molecule has 0 spiro atoms. The van der Waals surface area contributed by atoms with E-state index in [1.165, 1.54) is 0 Å².